The number of carboxylic acid groups (broad SMARTS) is 1. The Morgan fingerprint density at radius 1 is 1.12 bits per heavy atom. The summed E-state index contributed by atoms with van der Waals surface area (Å²) in [6.45, 7) is 0. The molecular weight excluding hydrogens is 572 g/mol. The Hall–Kier alpha value is -4.08. The number of anilines is 2. The molecule has 8 nitrogen and oxygen atoms in total. The lowest BCUT2D eigenvalue weighted by Gasteiger charge is -2.25. The van der Waals surface area contributed by atoms with E-state index < -0.39 is 11.9 Å². The summed E-state index contributed by atoms with van der Waals surface area (Å²) in [6, 6.07) is 17.2. The van der Waals surface area contributed by atoms with Gasteiger partial charge in [-0.1, -0.05) is 48.0 Å². The number of carboxylic acids is 1. The van der Waals surface area contributed by atoms with E-state index in [1.807, 2.05) is 53.9 Å². The van der Waals surface area contributed by atoms with Crippen LogP contribution in [-0.4, -0.2) is 45.9 Å². The maximum atomic E-state index is 13.9. The maximum Gasteiger partial charge on any atom is 0.304 e. The molecule has 1 saturated carbocycles. The Morgan fingerprint density at radius 3 is 2.64 bits per heavy atom. The minimum absolute atomic E-state index is 0.00643. The largest absolute Gasteiger partial charge is 0.481 e. The minimum Gasteiger partial charge on any atom is -0.481 e. The Bertz CT molecular complexity index is 1670. The molecule has 0 unspecified atom stereocenters. The van der Waals surface area contributed by atoms with Crippen molar-refractivity contribution in [2.75, 3.05) is 16.8 Å². The number of nitrogens with zero attached hydrogens (tertiary/aromatic N) is 4. The molecule has 214 valence electrons. The van der Waals surface area contributed by atoms with Gasteiger partial charge in [-0.25, -0.2) is 9.97 Å². The number of thiazole rings is 1. The Morgan fingerprint density at radius 2 is 1.90 bits per heavy atom. The average molecular weight is 601 g/mol. The third kappa shape index (κ3) is 5.80. The fraction of sp³-hybridized carbons (Fsp3) is 0.281. The van der Waals surface area contributed by atoms with Crippen molar-refractivity contribution in [2.45, 2.75) is 44.6 Å². The average Bonchev–Trinajstić information content (AvgIpc) is 3.70. The van der Waals surface area contributed by atoms with E-state index >= 15 is 0 Å². The van der Waals surface area contributed by atoms with Crippen molar-refractivity contribution in [3.05, 3.63) is 82.3 Å². The van der Waals surface area contributed by atoms with Crippen molar-refractivity contribution in [2.24, 2.45) is 5.92 Å². The quantitative estimate of drug-likeness (QED) is 0.243. The molecule has 0 saturated heterocycles. The first-order chi connectivity index (χ1) is 20.3. The molecule has 10 heteroatoms. The molecule has 0 bridgehead atoms. The van der Waals surface area contributed by atoms with Gasteiger partial charge in [0.1, 0.15) is 5.82 Å². The summed E-state index contributed by atoms with van der Waals surface area (Å²) in [5.41, 5.74) is 5.18. The van der Waals surface area contributed by atoms with Crippen LogP contribution in [0.2, 0.25) is 5.02 Å². The number of hydrogen-bond donors (Lipinski definition) is 1. The Balaban J connectivity index is 1.33. The first-order valence-corrected chi connectivity index (χ1v) is 15.1. The van der Waals surface area contributed by atoms with Crippen LogP contribution in [0, 0.1) is 5.92 Å². The SMILES string of the molecule is CN1C(=O)CCc2cc(-c3ccc(Cl)cc3-c3csc(N(C(=O)[C@@H](CC(=O)O)Cc4ccccc4)C4CC4)n3)cnc21. The highest BCUT2D eigenvalue weighted by atomic mass is 35.5. The van der Waals surface area contributed by atoms with Crippen LogP contribution in [0.4, 0.5) is 10.9 Å². The number of aryl methyl sites for hydroxylation is 1. The molecule has 2 aromatic carbocycles. The molecule has 1 N–H and O–H groups in total. The van der Waals surface area contributed by atoms with Crippen molar-refractivity contribution >= 4 is 51.7 Å². The molecule has 4 aromatic rings. The lowest BCUT2D eigenvalue weighted by molar-refractivity contribution is -0.140. The standard InChI is InChI=1S/C32H29ClN4O4S/c1-36-28(38)12-7-20-14-22(17-34-30(20)36)25-11-8-23(33)16-26(25)27-18-42-32(35-27)37(24-9-10-24)31(41)21(15-29(39)40)13-19-5-3-2-4-6-19/h2-6,8,11,14,16-18,21,24H,7,9-10,12-13,15H2,1H3,(H,39,40)/t21-/m1/s1. The van der Waals surface area contributed by atoms with E-state index in [4.69, 9.17) is 16.6 Å². The lowest BCUT2D eigenvalue weighted by Crippen LogP contribution is -2.39. The summed E-state index contributed by atoms with van der Waals surface area (Å²) < 4.78 is 0. The molecule has 1 aliphatic carbocycles. The van der Waals surface area contributed by atoms with Crippen molar-refractivity contribution in [1.29, 1.82) is 0 Å². The van der Waals surface area contributed by atoms with Crippen LogP contribution in [0.5, 0.6) is 0 Å². The fourth-order valence-electron chi connectivity index (χ4n) is 5.46. The monoisotopic (exact) mass is 600 g/mol. The molecule has 2 amide bonds. The predicted molar refractivity (Wildman–Crippen MR) is 164 cm³/mol. The van der Waals surface area contributed by atoms with E-state index in [9.17, 15) is 19.5 Å². The third-order valence-corrected chi connectivity index (χ3v) is 8.83. The summed E-state index contributed by atoms with van der Waals surface area (Å²) >= 11 is 7.82. The number of halogens is 1. The zero-order valence-corrected chi connectivity index (χ0v) is 24.6. The molecule has 42 heavy (non-hydrogen) atoms. The number of amides is 2. The van der Waals surface area contributed by atoms with Crippen LogP contribution >= 0.6 is 22.9 Å². The lowest BCUT2D eigenvalue weighted by atomic mass is 9.94. The van der Waals surface area contributed by atoms with Crippen molar-refractivity contribution in [3.8, 4) is 22.4 Å². The normalized spacial score (nSPS) is 15.3. The summed E-state index contributed by atoms with van der Waals surface area (Å²) in [7, 11) is 1.74. The van der Waals surface area contributed by atoms with E-state index in [1.54, 1.807) is 23.0 Å². The van der Waals surface area contributed by atoms with Gasteiger partial charge in [0.15, 0.2) is 5.13 Å². The van der Waals surface area contributed by atoms with Crippen molar-refractivity contribution in [3.63, 3.8) is 0 Å². The smallest absolute Gasteiger partial charge is 0.304 e. The number of aliphatic carboxylic acids is 1. The molecule has 2 aliphatic rings. The van der Waals surface area contributed by atoms with Gasteiger partial charge in [-0.2, -0.15) is 0 Å². The van der Waals surface area contributed by atoms with Gasteiger partial charge < -0.3 is 5.11 Å². The molecule has 6 rings (SSSR count). The van der Waals surface area contributed by atoms with E-state index in [0.717, 1.165) is 40.7 Å². The van der Waals surface area contributed by atoms with E-state index in [1.165, 1.54) is 11.3 Å². The number of pyridine rings is 1. The number of benzene rings is 2. The minimum atomic E-state index is -1.00. The molecule has 1 aliphatic heterocycles. The van der Waals surface area contributed by atoms with Gasteiger partial charge in [0.25, 0.3) is 0 Å². The summed E-state index contributed by atoms with van der Waals surface area (Å²) in [4.78, 5) is 50.6. The van der Waals surface area contributed by atoms with E-state index in [-0.39, 0.29) is 24.3 Å². The summed E-state index contributed by atoms with van der Waals surface area (Å²) in [6.07, 6.45) is 4.63. The van der Waals surface area contributed by atoms with Gasteiger partial charge in [-0.3, -0.25) is 24.2 Å². The molecule has 3 heterocycles. The highest BCUT2D eigenvalue weighted by Crippen LogP contribution is 2.41. The molecular formula is C32H29ClN4O4S. The van der Waals surface area contributed by atoms with Crippen molar-refractivity contribution in [1.82, 2.24) is 9.97 Å². The second-order valence-electron chi connectivity index (χ2n) is 10.8. The van der Waals surface area contributed by atoms with Crippen LogP contribution in [0.15, 0.2) is 66.2 Å². The van der Waals surface area contributed by atoms with Crippen molar-refractivity contribution < 1.29 is 19.5 Å². The number of carbonyl (C=O) groups excluding carboxylic acids is 2. The van der Waals surface area contributed by atoms with Crippen LogP contribution in [0.3, 0.4) is 0 Å². The van der Waals surface area contributed by atoms with Gasteiger partial charge in [0.05, 0.1) is 18.0 Å². The van der Waals surface area contributed by atoms with Gasteiger partial charge in [0.2, 0.25) is 11.8 Å². The second-order valence-corrected chi connectivity index (χ2v) is 12.1. The Kier molecular flexibility index (Phi) is 7.79. The van der Waals surface area contributed by atoms with Crippen LogP contribution in [0.25, 0.3) is 22.4 Å². The van der Waals surface area contributed by atoms with Gasteiger partial charge >= 0.3 is 5.97 Å². The summed E-state index contributed by atoms with van der Waals surface area (Å²) in [5, 5.41) is 12.6. The van der Waals surface area contributed by atoms with Crippen LogP contribution in [-0.2, 0) is 27.2 Å². The predicted octanol–water partition coefficient (Wildman–Crippen LogP) is 6.26. The highest BCUT2D eigenvalue weighted by molar-refractivity contribution is 7.14. The zero-order chi connectivity index (χ0) is 29.4. The Labute approximate surface area is 252 Å². The molecule has 0 spiro atoms. The van der Waals surface area contributed by atoms with Gasteiger partial charge in [-0.05, 0) is 60.6 Å². The summed E-state index contributed by atoms with van der Waals surface area (Å²) in [5.74, 6) is -1.20. The molecule has 1 fully saturated rings. The van der Waals surface area contributed by atoms with Gasteiger partial charge in [0, 0.05) is 47.2 Å². The number of aromatic nitrogens is 2. The van der Waals surface area contributed by atoms with E-state index in [2.05, 4.69) is 11.1 Å². The van der Waals surface area contributed by atoms with Gasteiger partial charge in [-0.15, -0.1) is 11.3 Å². The number of hydrogen-bond acceptors (Lipinski definition) is 6. The number of fused-ring (bicyclic) bond motifs is 1. The number of carbonyl (C=O) groups is 3. The fourth-order valence-corrected chi connectivity index (χ4v) is 6.53. The third-order valence-electron chi connectivity index (χ3n) is 7.75. The molecule has 2 aromatic heterocycles. The van der Waals surface area contributed by atoms with Crippen LogP contribution < -0.4 is 9.80 Å². The molecule has 1 atom stereocenters. The zero-order valence-electron chi connectivity index (χ0n) is 23.0. The topological polar surface area (TPSA) is 104 Å². The highest BCUT2D eigenvalue weighted by Gasteiger charge is 2.39. The maximum absolute atomic E-state index is 13.9. The van der Waals surface area contributed by atoms with Crippen LogP contribution in [0.1, 0.15) is 36.8 Å². The molecule has 0 radical (unpaired) electrons. The number of rotatable bonds is 9. The first-order valence-electron chi connectivity index (χ1n) is 13.9. The first kappa shape index (κ1) is 28.1. The second kappa shape index (κ2) is 11.7. The van der Waals surface area contributed by atoms with E-state index in [0.29, 0.717) is 40.9 Å².